The van der Waals surface area contributed by atoms with Gasteiger partial charge in [0.2, 0.25) is 0 Å². The molecule has 0 amide bonds. The molecule has 102 valence electrons. The topological polar surface area (TPSA) is 85.6 Å². The number of carbonyl (C=O) groups is 1. The van der Waals surface area contributed by atoms with E-state index >= 15 is 0 Å². The van der Waals surface area contributed by atoms with Gasteiger partial charge >= 0.3 is 5.97 Å². The van der Waals surface area contributed by atoms with Gasteiger partial charge in [-0.15, -0.1) is 0 Å². The molecule has 0 aliphatic rings. The van der Waals surface area contributed by atoms with Crippen molar-refractivity contribution in [1.29, 1.82) is 0 Å². The summed E-state index contributed by atoms with van der Waals surface area (Å²) in [6.07, 6.45) is 2.85. The maximum atomic E-state index is 11.9. The summed E-state index contributed by atoms with van der Waals surface area (Å²) in [7, 11) is 3.40. The van der Waals surface area contributed by atoms with E-state index in [1.54, 1.807) is 25.9 Å². The van der Waals surface area contributed by atoms with Gasteiger partial charge in [-0.2, -0.15) is 0 Å². The highest BCUT2D eigenvalue weighted by Gasteiger charge is 2.24. The lowest BCUT2D eigenvalue weighted by atomic mass is 10.1. The Morgan fingerprint density at radius 2 is 2.26 bits per heavy atom. The van der Waals surface area contributed by atoms with Crippen LogP contribution in [0.1, 0.15) is 12.6 Å². The Hall–Kier alpha value is -2.44. The summed E-state index contributed by atoms with van der Waals surface area (Å²) in [4.78, 5) is 27.8. The van der Waals surface area contributed by atoms with Crippen LogP contribution in [-0.4, -0.2) is 41.5 Å². The zero-order chi connectivity index (χ0) is 14.4. The molecule has 0 saturated heterocycles. The van der Waals surface area contributed by atoms with Gasteiger partial charge in [-0.3, -0.25) is 10.1 Å². The van der Waals surface area contributed by atoms with Crippen LogP contribution in [0, 0.1) is 10.1 Å². The van der Waals surface area contributed by atoms with E-state index in [2.05, 4.69) is 4.98 Å². The number of rotatable bonds is 5. The number of hydrogen-bond donors (Lipinski definition) is 0. The van der Waals surface area contributed by atoms with Crippen LogP contribution >= 0.6 is 0 Å². The Morgan fingerprint density at radius 3 is 2.79 bits per heavy atom. The van der Waals surface area contributed by atoms with Crippen LogP contribution in [0.4, 0.5) is 5.69 Å². The molecule has 0 spiro atoms. The third-order valence-electron chi connectivity index (χ3n) is 2.12. The molecule has 0 bridgehead atoms. The van der Waals surface area contributed by atoms with Crippen molar-refractivity contribution in [3.05, 3.63) is 40.3 Å². The van der Waals surface area contributed by atoms with Crippen molar-refractivity contribution >= 4 is 17.2 Å². The Kier molecular flexibility index (Phi) is 4.99. The molecule has 0 saturated carbocycles. The molecule has 19 heavy (non-hydrogen) atoms. The van der Waals surface area contributed by atoms with Crippen LogP contribution in [0.5, 0.6) is 0 Å². The van der Waals surface area contributed by atoms with E-state index in [1.165, 1.54) is 24.5 Å². The second-order valence-corrected chi connectivity index (χ2v) is 3.86. The predicted octanol–water partition coefficient (Wildman–Crippen LogP) is 1.46. The minimum absolute atomic E-state index is 0.000324. The van der Waals surface area contributed by atoms with Gasteiger partial charge in [0.1, 0.15) is 5.57 Å². The molecule has 1 aromatic heterocycles. The number of hydrogen-bond acceptors (Lipinski definition) is 6. The Balaban J connectivity index is 3.34. The smallest absolute Gasteiger partial charge is 0.342 e. The molecule has 1 rings (SSSR count). The highest BCUT2D eigenvalue weighted by molar-refractivity contribution is 6.16. The van der Waals surface area contributed by atoms with Crippen molar-refractivity contribution in [2.75, 3.05) is 20.7 Å². The van der Waals surface area contributed by atoms with Gasteiger partial charge in [0, 0.05) is 32.6 Å². The average Bonchev–Trinajstić information content (AvgIpc) is 2.36. The summed E-state index contributed by atoms with van der Waals surface area (Å²) in [5.41, 5.74) is -0.178. The van der Waals surface area contributed by atoms with Crippen LogP contribution in [0.3, 0.4) is 0 Å². The van der Waals surface area contributed by atoms with Gasteiger partial charge in [0.05, 0.1) is 11.5 Å². The lowest BCUT2D eigenvalue weighted by molar-refractivity contribution is -0.385. The SMILES string of the molecule is CCOC(=O)C(=CN(C)C)c1ncccc1[N+](=O)[O-]. The number of ether oxygens (including phenoxy) is 1. The molecule has 0 fully saturated rings. The molecule has 0 unspecified atom stereocenters. The third-order valence-corrected chi connectivity index (χ3v) is 2.12. The Labute approximate surface area is 110 Å². The molecule has 0 aromatic carbocycles. The van der Waals surface area contributed by atoms with Crippen molar-refractivity contribution in [3.8, 4) is 0 Å². The van der Waals surface area contributed by atoms with Gasteiger partial charge in [0.15, 0.2) is 5.69 Å². The minimum Gasteiger partial charge on any atom is -0.462 e. The number of carbonyl (C=O) groups excluding carboxylic acids is 1. The number of esters is 1. The third kappa shape index (κ3) is 3.77. The summed E-state index contributed by atoms with van der Waals surface area (Å²) in [6, 6.07) is 2.74. The number of aromatic nitrogens is 1. The molecule has 0 aliphatic heterocycles. The molecule has 0 atom stereocenters. The summed E-state index contributed by atoms with van der Waals surface area (Å²) in [6.45, 7) is 1.85. The van der Waals surface area contributed by atoms with Crippen molar-refractivity contribution in [3.63, 3.8) is 0 Å². The standard InChI is InChI=1S/C12H15N3O4/c1-4-19-12(16)9(8-14(2)3)11-10(15(17)18)6-5-7-13-11/h5-8H,4H2,1-3H3. The fraction of sp³-hybridized carbons (Fsp3) is 0.333. The zero-order valence-corrected chi connectivity index (χ0v) is 11.0. The maximum absolute atomic E-state index is 11.9. The highest BCUT2D eigenvalue weighted by atomic mass is 16.6. The molecule has 0 aliphatic carbocycles. The van der Waals surface area contributed by atoms with E-state index in [0.29, 0.717) is 0 Å². The monoisotopic (exact) mass is 265 g/mol. The molecule has 7 nitrogen and oxygen atoms in total. The first-order valence-electron chi connectivity index (χ1n) is 5.62. The van der Waals surface area contributed by atoms with Crippen LogP contribution in [0.2, 0.25) is 0 Å². The Bertz CT molecular complexity index is 511. The highest BCUT2D eigenvalue weighted by Crippen LogP contribution is 2.24. The second-order valence-electron chi connectivity index (χ2n) is 3.86. The molecule has 1 heterocycles. The fourth-order valence-corrected chi connectivity index (χ4v) is 1.43. The van der Waals surface area contributed by atoms with Crippen LogP contribution in [0.15, 0.2) is 24.5 Å². The quantitative estimate of drug-likeness (QED) is 0.347. The summed E-state index contributed by atoms with van der Waals surface area (Å²) in [5.74, 6) is -0.641. The molecule has 7 heteroatoms. The largest absolute Gasteiger partial charge is 0.462 e. The second kappa shape index (κ2) is 6.48. The van der Waals surface area contributed by atoms with Crippen molar-refractivity contribution in [2.45, 2.75) is 6.92 Å². The molecule has 1 aromatic rings. The first-order valence-corrected chi connectivity index (χ1v) is 5.62. The lowest BCUT2D eigenvalue weighted by Gasteiger charge is -2.10. The van der Waals surface area contributed by atoms with Crippen molar-refractivity contribution in [2.24, 2.45) is 0 Å². The van der Waals surface area contributed by atoms with Gasteiger partial charge in [-0.1, -0.05) is 0 Å². The normalized spacial score (nSPS) is 11.0. The van der Waals surface area contributed by atoms with Crippen molar-refractivity contribution in [1.82, 2.24) is 9.88 Å². The van der Waals surface area contributed by atoms with E-state index < -0.39 is 10.9 Å². The van der Waals surface area contributed by atoms with E-state index in [4.69, 9.17) is 4.74 Å². The molecular formula is C12H15N3O4. The van der Waals surface area contributed by atoms with Crippen LogP contribution in [-0.2, 0) is 9.53 Å². The fourth-order valence-electron chi connectivity index (χ4n) is 1.43. The predicted molar refractivity (Wildman–Crippen MR) is 69.2 cm³/mol. The summed E-state index contributed by atoms with van der Waals surface area (Å²) < 4.78 is 4.90. The van der Waals surface area contributed by atoms with E-state index in [0.717, 1.165) is 0 Å². The maximum Gasteiger partial charge on any atom is 0.342 e. The number of nitrogens with zero attached hydrogens (tertiary/aromatic N) is 3. The molecule has 0 N–H and O–H groups in total. The van der Waals surface area contributed by atoms with Gasteiger partial charge in [-0.25, -0.2) is 9.78 Å². The van der Waals surface area contributed by atoms with E-state index in [1.807, 2.05) is 0 Å². The van der Waals surface area contributed by atoms with Gasteiger partial charge in [0.25, 0.3) is 5.69 Å². The van der Waals surface area contributed by atoms with E-state index in [9.17, 15) is 14.9 Å². The first-order chi connectivity index (χ1) is 8.97. The van der Waals surface area contributed by atoms with Crippen molar-refractivity contribution < 1.29 is 14.5 Å². The first kappa shape index (κ1) is 14.6. The van der Waals surface area contributed by atoms with E-state index in [-0.39, 0.29) is 23.6 Å². The van der Waals surface area contributed by atoms with Gasteiger partial charge in [-0.05, 0) is 13.0 Å². The van der Waals surface area contributed by atoms with Gasteiger partial charge < -0.3 is 9.64 Å². The minimum atomic E-state index is -0.641. The zero-order valence-electron chi connectivity index (χ0n) is 11.0. The Morgan fingerprint density at radius 1 is 1.58 bits per heavy atom. The summed E-state index contributed by atoms with van der Waals surface area (Å²) >= 11 is 0. The van der Waals surface area contributed by atoms with Crippen LogP contribution in [0.25, 0.3) is 5.57 Å². The molecular weight excluding hydrogens is 250 g/mol. The number of pyridine rings is 1. The number of nitro groups is 1. The average molecular weight is 265 g/mol. The summed E-state index contributed by atoms with van der Waals surface area (Å²) in [5, 5.41) is 11.0. The van der Waals surface area contributed by atoms with Crippen LogP contribution < -0.4 is 0 Å². The molecule has 0 radical (unpaired) electrons. The lowest BCUT2D eigenvalue weighted by Crippen LogP contribution is -2.13.